The fourth-order valence-electron chi connectivity index (χ4n) is 3.03. The van der Waals surface area contributed by atoms with Crippen LogP contribution < -0.4 is 0 Å². The maximum Gasteiger partial charge on any atom is 0.269 e. The Morgan fingerprint density at radius 2 is 2.11 bits per heavy atom. The fraction of sp³-hybridized carbons (Fsp3) is 0.571. The quantitative estimate of drug-likeness (QED) is 0.595. The Morgan fingerprint density at radius 1 is 1.39 bits per heavy atom. The highest BCUT2D eigenvalue weighted by molar-refractivity contribution is 5.47. The standard InChI is InChI=1S/C14H18N2O2/c1-10(2)15-8-11-7-12(16(17)18)3-4-13(11)14(9-15)5-6-14/h3-4,7,10H,5-6,8-9H2,1-2H3. The third-order valence-electron chi connectivity index (χ3n) is 4.33. The molecule has 0 N–H and O–H groups in total. The van der Waals surface area contributed by atoms with E-state index in [-0.39, 0.29) is 10.6 Å². The van der Waals surface area contributed by atoms with Gasteiger partial charge in [-0.3, -0.25) is 15.0 Å². The van der Waals surface area contributed by atoms with Gasteiger partial charge < -0.3 is 0 Å². The molecule has 1 spiro atoms. The summed E-state index contributed by atoms with van der Waals surface area (Å²) in [4.78, 5) is 13.0. The number of hydrogen-bond donors (Lipinski definition) is 0. The lowest BCUT2D eigenvalue weighted by Gasteiger charge is -2.37. The monoisotopic (exact) mass is 246 g/mol. The van der Waals surface area contributed by atoms with Crippen LogP contribution in [0.15, 0.2) is 18.2 Å². The van der Waals surface area contributed by atoms with Gasteiger partial charge in [-0.1, -0.05) is 6.07 Å². The molecule has 0 bridgehead atoms. The summed E-state index contributed by atoms with van der Waals surface area (Å²) in [5.74, 6) is 0. The van der Waals surface area contributed by atoms with Crippen LogP contribution >= 0.6 is 0 Å². The van der Waals surface area contributed by atoms with Gasteiger partial charge in [0, 0.05) is 36.7 Å². The first-order chi connectivity index (χ1) is 8.52. The van der Waals surface area contributed by atoms with E-state index < -0.39 is 0 Å². The SMILES string of the molecule is CC(C)N1Cc2cc([N+](=O)[O-])ccc2C2(CC2)C1. The number of hydrogen-bond acceptors (Lipinski definition) is 3. The van der Waals surface area contributed by atoms with Gasteiger partial charge in [0.15, 0.2) is 0 Å². The molecule has 1 aromatic carbocycles. The van der Waals surface area contributed by atoms with Crippen LogP contribution in [0.2, 0.25) is 0 Å². The van der Waals surface area contributed by atoms with E-state index in [1.165, 1.54) is 18.4 Å². The average Bonchev–Trinajstić information content (AvgIpc) is 3.08. The molecular weight excluding hydrogens is 228 g/mol. The third-order valence-corrected chi connectivity index (χ3v) is 4.33. The van der Waals surface area contributed by atoms with Crippen molar-refractivity contribution in [2.75, 3.05) is 6.54 Å². The highest BCUT2D eigenvalue weighted by atomic mass is 16.6. The van der Waals surface area contributed by atoms with Gasteiger partial charge in [-0.25, -0.2) is 0 Å². The molecule has 1 heterocycles. The van der Waals surface area contributed by atoms with Crippen molar-refractivity contribution < 1.29 is 4.92 Å². The normalized spacial score (nSPS) is 21.1. The van der Waals surface area contributed by atoms with Crippen molar-refractivity contribution in [3.8, 4) is 0 Å². The molecule has 4 nitrogen and oxygen atoms in total. The molecule has 2 aliphatic rings. The second-order valence-electron chi connectivity index (χ2n) is 5.88. The van der Waals surface area contributed by atoms with E-state index in [2.05, 4.69) is 18.7 Å². The minimum absolute atomic E-state index is 0.218. The van der Waals surface area contributed by atoms with Crippen LogP contribution in [0.4, 0.5) is 5.69 Å². The maximum absolute atomic E-state index is 10.9. The van der Waals surface area contributed by atoms with Crippen LogP contribution in [0.25, 0.3) is 0 Å². The average molecular weight is 246 g/mol. The largest absolute Gasteiger partial charge is 0.296 e. The van der Waals surface area contributed by atoms with Gasteiger partial charge in [-0.15, -0.1) is 0 Å². The van der Waals surface area contributed by atoms with Crippen molar-refractivity contribution >= 4 is 5.69 Å². The molecule has 0 aromatic heterocycles. The first-order valence-corrected chi connectivity index (χ1v) is 6.54. The van der Waals surface area contributed by atoms with E-state index in [1.54, 1.807) is 12.1 Å². The van der Waals surface area contributed by atoms with Crippen LogP contribution in [0, 0.1) is 10.1 Å². The van der Waals surface area contributed by atoms with Gasteiger partial charge in [0.25, 0.3) is 5.69 Å². The van der Waals surface area contributed by atoms with Gasteiger partial charge >= 0.3 is 0 Å². The summed E-state index contributed by atoms with van der Waals surface area (Å²) in [6, 6.07) is 5.90. The molecule has 18 heavy (non-hydrogen) atoms. The Balaban J connectivity index is 2.03. The van der Waals surface area contributed by atoms with Gasteiger partial charge in [-0.2, -0.15) is 0 Å². The lowest BCUT2D eigenvalue weighted by atomic mass is 9.86. The van der Waals surface area contributed by atoms with Crippen molar-refractivity contribution in [2.24, 2.45) is 0 Å². The lowest BCUT2D eigenvalue weighted by molar-refractivity contribution is -0.385. The van der Waals surface area contributed by atoms with Crippen molar-refractivity contribution in [2.45, 2.75) is 44.7 Å². The molecule has 1 saturated carbocycles. The van der Waals surface area contributed by atoms with E-state index in [4.69, 9.17) is 0 Å². The summed E-state index contributed by atoms with van der Waals surface area (Å²) in [6.45, 7) is 6.34. The van der Waals surface area contributed by atoms with E-state index in [0.29, 0.717) is 11.5 Å². The smallest absolute Gasteiger partial charge is 0.269 e. The predicted molar refractivity (Wildman–Crippen MR) is 69.6 cm³/mol. The van der Waals surface area contributed by atoms with E-state index in [1.807, 2.05) is 6.07 Å². The minimum atomic E-state index is -0.297. The summed E-state index contributed by atoms with van der Waals surface area (Å²) in [5, 5.41) is 10.9. The molecule has 0 atom stereocenters. The lowest BCUT2D eigenvalue weighted by Crippen LogP contribution is -2.41. The zero-order valence-corrected chi connectivity index (χ0v) is 10.8. The van der Waals surface area contributed by atoms with Crippen LogP contribution in [-0.4, -0.2) is 22.4 Å². The molecular formula is C14H18N2O2. The Labute approximate surface area is 107 Å². The van der Waals surface area contributed by atoms with Crippen molar-refractivity contribution in [1.29, 1.82) is 0 Å². The molecule has 1 fully saturated rings. The van der Waals surface area contributed by atoms with Gasteiger partial charge in [0.1, 0.15) is 0 Å². The molecule has 0 radical (unpaired) electrons. The number of non-ortho nitro benzene ring substituents is 1. The summed E-state index contributed by atoms with van der Waals surface area (Å²) < 4.78 is 0. The second kappa shape index (κ2) is 3.79. The van der Waals surface area contributed by atoms with Crippen LogP contribution in [0.3, 0.4) is 0 Å². The van der Waals surface area contributed by atoms with Crippen LogP contribution in [-0.2, 0) is 12.0 Å². The number of fused-ring (bicyclic) bond motifs is 2. The maximum atomic E-state index is 10.9. The topological polar surface area (TPSA) is 46.4 Å². The Bertz CT molecular complexity index is 507. The highest BCUT2D eigenvalue weighted by Gasteiger charge is 2.49. The zero-order valence-electron chi connectivity index (χ0n) is 10.8. The molecule has 1 aromatic rings. The summed E-state index contributed by atoms with van der Waals surface area (Å²) >= 11 is 0. The Morgan fingerprint density at radius 3 is 2.67 bits per heavy atom. The molecule has 4 heteroatoms. The molecule has 3 rings (SSSR count). The third kappa shape index (κ3) is 1.72. The number of rotatable bonds is 2. The van der Waals surface area contributed by atoms with Crippen LogP contribution in [0.5, 0.6) is 0 Å². The van der Waals surface area contributed by atoms with Crippen molar-refractivity contribution in [3.63, 3.8) is 0 Å². The first-order valence-electron chi connectivity index (χ1n) is 6.54. The first kappa shape index (κ1) is 11.7. The van der Waals surface area contributed by atoms with E-state index in [0.717, 1.165) is 18.7 Å². The van der Waals surface area contributed by atoms with Gasteiger partial charge in [0.2, 0.25) is 0 Å². The van der Waals surface area contributed by atoms with Crippen molar-refractivity contribution in [1.82, 2.24) is 4.90 Å². The second-order valence-corrected chi connectivity index (χ2v) is 5.88. The van der Waals surface area contributed by atoms with Gasteiger partial charge in [0.05, 0.1) is 4.92 Å². The minimum Gasteiger partial charge on any atom is -0.296 e. The van der Waals surface area contributed by atoms with E-state index in [9.17, 15) is 10.1 Å². The van der Waals surface area contributed by atoms with Gasteiger partial charge in [-0.05, 0) is 37.8 Å². The molecule has 0 amide bonds. The summed E-state index contributed by atoms with van der Waals surface area (Å²) in [7, 11) is 0. The molecule has 0 saturated heterocycles. The Kier molecular flexibility index (Phi) is 2.45. The Hall–Kier alpha value is -1.42. The predicted octanol–water partition coefficient (Wildman–Crippen LogP) is 2.85. The zero-order chi connectivity index (χ0) is 12.9. The fourth-order valence-corrected chi connectivity index (χ4v) is 3.03. The number of nitro groups is 1. The molecule has 96 valence electrons. The number of nitrogens with zero attached hydrogens (tertiary/aromatic N) is 2. The number of nitro benzene ring substituents is 1. The molecule has 1 aliphatic carbocycles. The molecule has 1 aliphatic heterocycles. The highest BCUT2D eigenvalue weighted by Crippen LogP contribution is 2.53. The van der Waals surface area contributed by atoms with Crippen LogP contribution in [0.1, 0.15) is 37.8 Å². The van der Waals surface area contributed by atoms with E-state index >= 15 is 0 Å². The molecule has 0 unspecified atom stereocenters. The number of benzene rings is 1. The van der Waals surface area contributed by atoms with Crippen molar-refractivity contribution in [3.05, 3.63) is 39.4 Å². The summed E-state index contributed by atoms with van der Waals surface area (Å²) in [6.07, 6.45) is 2.45. The summed E-state index contributed by atoms with van der Waals surface area (Å²) in [5.41, 5.74) is 3.02.